The molecule has 4 rings (SSSR count). The van der Waals surface area contributed by atoms with Crippen LogP contribution >= 0.6 is 0 Å². The summed E-state index contributed by atoms with van der Waals surface area (Å²) in [5.74, 6) is -0.167. The highest BCUT2D eigenvalue weighted by Gasteiger charge is 2.41. The van der Waals surface area contributed by atoms with E-state index in [1.54, 1.807) is 4.90 Å². The van der Waals surface area contributed by atoms with Crippen molar-refractivity contribution >= 4 is 21.8 Å². The summed E-state index contributed by atoms with van der Waals surface area (Å²) in [6.45, 7) is 3.72. The lowest BCUT2D eigenvalue weighted by Gasteiger charge is -2.35. The zero-order valence-electron chi connectivity index (χ0n) is 14.2. The zero-order valence-corrected chi connectivity index (χ0v) is 15.0. The van der Waals surface area contributed by atoms with Crippen molar-refractivity contribution in [2.24, 2.45) is 11.1 Å². The van der Waals surface area contributed by atoms with E-state index < -0.39 is 10.0 Å². The van der Waals surface area contributed by atoms with Gasteiger partial charge in [-0.25, -0.2) is 13.6 Å². The van der Waals surface area contributed by atoms with Gasteiger partial charge in [0, 0.05) is 31.2 Å². The van der Waals surface area contributed by atoms with E-state index >= 15 is 0 Å². The topological polar surface area (TPSA) is 101 Å². The minimum atomic E-state index is -3.78. The van der Waals surface area contributed by atoms with Crippen molar-refractivity contribution in [3.05, 3.63) is 29.8 Å². The van der Waals surface area contributed by atoms with Gasteiger partial charge in [-0.15, -0.1) is 0 Å². The van der Waals surface area contributed by atoms with E-state index in [-0.39, 0.29) is 28.7 Å². The Balaban J connectivity index is 1.80. The molecular formula is C17H23N3O4S. The first-order valence-corrected chi connectivity index (χ1v) is 10.1. The summed E-state index contributed by atoms with van der Waals surface area (Å²) in [5.41, 5.74) is 0.406. The Labute approximate surface area is 147 Å². The predicted octanol–water partition coefficient (Wildman–Crippen LogP) is 0.807. The minimum absolute atomic E-state index is 0.0238. The van der Waals surface area contributed by atoms with Crippen LogP contribution < -0.4 is 5.14 Å². The highest BCUT2D eigenvalue weighted by Crippen LogP contribution is 2.30. The van der Waals surface area contributed by atoms with Crippen LogP contribution in [0.4, 0.5) is 0 Å². The van der Waals surface area contributed by atoms with Crippen molar-refractivity contribution in [2.75, 3.05) is 19.6 Å². The molecule has 8 heteroatoms. The lowest BCUT2D eigenvalue weighted by Crippen LogP contribution is -2.48. The lowest BCUT2D eigenvalue weighted by molar-refractivity contribution is -0.139. The molecule has 136 valence electrons. The van der Waals surface area contributed by atoms with E-state index in [4.69, 9.17) is 5.14 Å². The van der Waals surface area contributed by atoms with Gasteiger partial charge in [0.25, 0.3) is 5.91 Å². The summed E-state index contributed by atoms with van der Waals surface area (Å²) in [4.78, 5) is 29.0. The maximum absolute atomic E-state index is 12.8. The van der Waals surface area contributed by atoms with Gasteiger partial charge in [-0.2, -0.15) is 0 Å². The second-order valence-electron chi connectivity index (χ2n) is 6.74. The molecule has 1 aromatic carbocycles. The third-order valence-corrected chi connectivity index (χ3v) is 5.90. The highest BCUT2D eigenvalue weighted by atomic mass is 32.2. The summed E-state index contributed by atoms with van der Waals surface area (Å²) in [6, 6.07) is 5.69. The predicted molar refractivity (Wildman–Crippen MR) is 92.2 cm³/mol. The molecule has 0 spiro atoms. The number of nitrogens with zero attached hydrogens (tertiary/aromatic N) is 2. The Morgan fingerprint density at radius 3 is 2.48 bits per heavy atom. The molecular weight excluding hydrogens is 342 g/mol. The number of fused-ring (bicyclic) bond motifs is 4. The Bertz CT molecular complexity index is 776. The average molecular weight is 365 g/mol. The SMILES string of the molecule is CCCN1C(=O)C2CCC1CN(C(=O)c1ccc(S(N)(=O)=O)cc1)C2. The fraction of sp³-hybridized carbons (Fsp3) is 0.529. The molecule has 1 aromatic rings. The number of hydrogen-bond donors (Lipinski definition) is 1. The molecule has 0 radical (unpaired) electrons. The van der Waals surface area contributed by atoms with Gasteiger partial charge < -0.3 is 9.80 Å². The second kappa shape index (κ2) is 6.76. The van der Waals surface area contributed by atoms with Crippen LogP contribution in [0, 0.1) is 5.92 Å². The quantitative estimate of drug-likeness (QED) is 0.853. The maximum Gasteiger partial charge on any atom is 0.253 e. The number of rotatable bonds is 4. The summed E-state index contributed by atoms with van der Waals surface area (Å²) < 4.78 is 22.7. The van der Waals surface area contributed by atoms with Crippen LogP contribution in [0.5, 0.6) is 0 Å². The third kappa shape index (κ3) is 3.55. The van der Waals surface area contributed by atoms with Crippen LogP contribution in [0.3, 0.4) is 0 Å². The molecule has 2 unspecified atom stereocenters. The van der Waals surface area contributed by atoms with Crippen molar-refractivity contribution in [1.82, 2.24) is 9.80 Å². The first kappa shape index (κ1) is 17.9. The van der Waals surface area contributed by atoms with E-state index in [1.165, 1.54) is 24.3 Å². The van der Waals surface area contributed by atoms with Crippen LogP contribution in [0.15, 0.2) is 29.2 Å². The molecule has 3 aliphatic heterocycles. The fourth-order valence-electron chi connectivity index (χ4n) is 3.71. The van der Waals surface area contributed by atoms with Crippen LogP contribution in [-0.4, -0.2) is 55.7 Å². The van der Waals surface area contributed by atoms with Gasteiger partial charge in [0.15, 0.2) is 0 Å². The summed E-state index contributed by atoms with van der Waals surface area (Å²) in [5, 5.41) is 5.08. The lowest BCUT2D eigenvalue weighted by atomic mass is 9.94. The molecule has 0 aromatic heterocycles. The molecule has 0 saturated carbocycles. The van der Waals surface area contributed by atoms with Crippen molar-refractivity contribution in [3.8, 4) is 0 Å². The van der Waals surface area contributed by atoms with E-state index in [2.05, 4.69) is 0 Å². The average Bonchev–Trinajstić information content (AvgIpc) is 2.86. The van der Waals surface area contributed by atoms with E-state index in [0.29, 0.717) is 18.7 Å². The zero-order chi connectivity index (χ0) is 18.2. The summed E-state index contributed by atoms with van der Waals surface area (Å²) >= 11 is 0. The van der Waals surface area contributed by atoms with Crippen molar-refractivity contribution in [3.63, 3.8) is 0 Å². The van der Waals surface area contributed by atoms with Crippen molar-refractivity contribution < 1.29 is 18.0 Å². The van der Waals surface area contributed by atoms with Gasteiger partial charge in [-0.3, -0.25) is 9.59 Å². The van der Waals surface area contributed by atoms with Crippen LogP contribution in [0.25, 0.3) is 0 Å². The number of sulfonamides is 1. The van der Waals surface area contributed by atoms with Crippen molar-refractivity contribution in [1.29, 1.82) is 0 Å². The number of nitrogens with two attached hydrogens (primary N) is 1. The molecule has 2 N–H and O–H groups in total. The number of benzene rings is 1. The van der Waals surface area contributed by atoms with Gasteiger partial charge in [0.05, 0.1) is 10.8 Å². The number of piperidine rings is 1. The molecule has 0 aliphatic carbocycles. The summed E-state index contributed by atoms with van der Waals surface area (Å²) in [6.07, 6.45) is 2.64. The molecule has 2 atom stereocenters. The normalized spacial score (nSPS) is 23.7. The Morgan fingerprint density at radius 1 is 1.20 bits per heavy atom. The molecule has 3 aliphatic rings. The largest absolute Gasteiger partial charge is 0.338 e. The molecule has 2 bridgehead atoms. The molecule has 2 amide bonds. The van der Waals surface area contributed by atoms with E-state index in [1.807, 2.05) is 11.8 Å². The number of carbonyl (C=O) groups is 2. The smallest absolute Gasteiger partial charge is 0.253 e. The number of amides is 2. The molecule has 3 heterocycles. The number of hydrogen-bond acceptors (Lipinski definition) is 4. The molecule has 3 fully saturated rings. The van der Waals surface area contributed by atoms with Gasteiger partial charge in [-0.1, -0.05) is 6.92 Å². The first-order chi connectivity index (χ1) is 11.8. The number of primary sulfonamides is 1. The highest BCUT2D eigenvalue weighted by molar-refractivity contribution is 7.89. The van der Waals surface area contributed by atoms with Gasteiger partial charge in [-0.05, 0) is 43.5 Å². The Morgan fingerprint density at radius 2 is 1.88 bits per heavy atom. The minimum Gasteiger partial charge on any atom is -0.338 e. The monoisotopic (exact) mass is 365 g/mol. The fourth-order valence-corrected chi connectivity index (χ4v) is 4.23. The first-order valence-electron chi connectivity index (χ1n) is 8.54. The van der Waals surface area contributed by atoms with Crippen LogP contribution in [-0.2, 0) is 14.8 Å². The number of carbonyl (C=O) groups excluding carboxylic acids is 2. The van der Waals surface area contributed by atoms with Crippen molar-refractivity contribution in [2.45, 2.75) is 37.1 Å². The van der Waals surface area contributed by atoms with E-state index in [0.717, 1.165) is 25.8 Å². The Hall–Kier alpha value is -1.93. The molecule has 7 nitrogen and oxygen atoms in total. The standard InChI is InChI=1S/C17H23N3O4S/c1-2-9-20-14-6-3-13(17(20)22)10-19(11-14)16(21)12-4-7-15(8-5-12)25(18,23)24/h4-5,7-8,13-14H,2-3,6,9-11H2,1H3,(H2,18,23,24). The van der Waals surface area contributed by atoms with Crippen LogP contribution in [0.1, 0.15) is 36.5 Å². The van der Waals surface area contributed by atoms with Crippen LogP contribution in [0.2, 0.25) is 0 Å². The van der Waals surface area contributed by atoms with Gasteiger partial charge >= 0.3 is 0 Å². The summed E-state index contributed by atoms with van der Waals surface area (Å²) in [7, 11) is -3.78. The van der Waals surface area contributed by atoms with Gasteiger partial charge in [0.1, 0.15) is 0 Å². The van der Waals surface area contributed by atoms with E-state index in [9.17, 15) is 18.0 Å². The molecule has 3 saturated heterocycles. The second-order valence-corrected chi connectivity index (χ2v) is 8.30. The Kier molecular flexibility index (Phi) is 4.83. The molecule has 25 heavy (non-hydrogen) atoms. The van der Waals surface area contributed by atoms with Gasteiger partial charge in [0.2, 0.25) is 15.9 Å². The maximum atomic E-state index is 12.8. The third-order valence-electron chi connectivity index (χ3n) is 4.97.